The fourth-order valence-electron chi connectivity index (χ4n) is 7.78. The van der Waals surface area contributed by atoms with Crippen LogP contribution < -0.4 is 36.4 Å². The van der Waals surface area contributed by atoms with Crippen molar-refractivity contribution in [1.82, 2.24) is 26.7 Å². The third kappa shape index (κ3) is 12.0. The molecule has 2 aliphatic heterocycles. The maximum absolute atomic E-state index is 13.6. The summed E-state index contributed by atoms with van der Waals surface area (Å²) in [6.07, 6.45) is -1.07. The lowest BCUT2D eigenvalue weighted by Gasteiger charge is -2.36. The molecule has 0 unspecified atom stereocenters. The molecule has 0 radical (unpaired) electrons. The van der Waals surface area contributed by atoms with Gasteiger partial charge >= 0.3 is 29.8 Å². The molecule has 2 aliphatic rings. The van der Waals surface area contributed by atoms with Gasteiger partial charge in [0.15, 0.2) is 5.60 Å². The Morgan fingerprint density at radius 1 is 0.605 bits per heavy atom. The summed E-state index contributed by atoms with van der Waals surface area (Å²) >= 11 is 0. The first-order valence-corrected chi connectivity index (χ1v) is 23.2. The van der Waals surface area contributed by atoms with Crippen LogP contribution in [0.5, 0.6) is 23.0 Å². The molecule has 4 amide bonds. The second-order valence-corrected chi connectivity index (χ2v) is 17.7. The summed E-state index contributed by atoms with van der Waals surface area (Å²) in [4.78, 5) is 124. The molecule has 2 heterocycles. The molecule has 7 rings (SSSR count). The number of carboxylic acids is 1. The lowest BCUT2D eigenvalue weighted by atomic mass is 9.77. The Morgan fingerprint density at radius 3 is 1.61 bits per heavy atom. The number of carbonyl (C=O) groups is 9. The minimum Gasteiger partial charge on any atom is -0.508 e. The lowest BCUT2D eigenvalue weighted by Crippen LogP contribution is -2.57. The number of carbonyl (C=O) groups excluding carboxylic acids is 8. The number of hydroxylamine groups is 1. The number of phenolic OH excluding ortho intramolecular Hbond substituents is 2. The van der Waals surface area contributed by atoms with Crippen LogP contribution in [-0.4, -0.2) is 113 Å². The van der Waals surface area contributed by atoms with Crippen LogP contribution >= 0.6 is 0 Å². The summed E-state index contributed by atoms with van der Waals surface area (Å²) in [6.45, 7) is 5.14. The van der Waals surface area contributed by atoms with Crippen LogP contribution in [0.4, 0.5) is 17.1 Å². The molecule has 0 aromatic heterocycles. The van der Waals surface area contributed by atoms with Crippen LogP contribution in [0.1, 0.15) is 81.9 Å². The number of benzene rings is 5. The van der Waals surface area contributed by atoms with E-state index in [0.717, 1.165) is 11.8 Å². The minimum atomic E-state index is -1.97. The number of phenols is 2. The van der Waals surface area contributed by atoms with Gasteiger partial charge in [-0.05, 0) is 119 Å². The number of amides is 4. The molecule has 5 aromatic carbocycles. The predicted octanol–water partition coefficient (Wildman–Crippen LogP) is 4.05. The molecule has 0 bridgehead atoms. The van der Waals surface area contributed by atoms with Crippen LogP contribution in [0.15, 0.2) is 113 Å². The molecule has 0 saturated carbocycles. The van der Waals surface area contributed by atoms with Gasteiger partial charge in [0.1, 0.15) is 53.2 Å². The molecule has 0 fully saturated rings. The van der Waals surface area contributed by atoms with E-state index in [1.165, 1.54) is 88.4 Å². The van der Waals surface area contributed by atoms with Gasteiger partial charge in [-0.25, -0.2) is 19.2 Å². The highest BCUT2D eigenvalue weighted by Gasteiger charge is 2.54. The number of nitrogens with zero attached hydrogens (tertiary/aromatic N) is 3. The molecule has 8 N–H and O–H groups in total. The van der Waals surface area contributed by atoms with E-state index in [0.29, 0.717) is 11.4 Å². The van der Waals surface area contributed by atoms with Crippen LogP contribution in [0.3, 0.4) is 0 Å². The Labute approximate surface area is 432 Å². The number of fused-ring (bicyclic) bond motifs is 6. The number of azo groups is 1. The first kappa shape index (κ1) is 54.1. The van der Waals surface area contributed by atoms with Crippen LogP contribution in [0, 0.1) is 0 Å². The summed E-state index contributed by atoms with van der Waals surface area (Å²) in [5.74, 6) is -9.88. The Kier molecular flexibility index (Phi) is 16.1. The quantitative estimate of drug-likeness (QED) is 0.0202. The fraction of sp³-hybridized carbons (Fsp3) is 0.250. The van der Waals surface area contributed by atoms with Gasteiger partial charge in [0.25, 0.3) is 0 Å². The van der Waals surface area contributed by atoms with E-state index in [4.69, 9.17) is 19.0 Å². The van der Waals surface area contributed by atoms with Gasteiger partial charge in [0.2, 0.25) is 23.6 Å². The van der Waals surface area contributed by atoms with Gasteiger partial charge in [-0.1, -0.05) is 0 Å². The Hall–Kier alpha value is -9.71. The molecule has 76 heavy (non-hydrogen) atoms. The molecular weight excluding hydrogens is 993 g/mol. The van der Waals surface area contributed by atoms with Crippen molar-refractivity contribution in [3.8, 4) is 23.0 Å². The van der Waals surface area contributed by atoms with Crippen molar-refractivity contribution in [1.29, 1.82) is 0 Å². The number of esters is 3. The molecule has 0 aliphatic carbocycles. The van der Waals surface area contributed by atoms with Crippen molar-refractivity contribution in [2.75, 3.05) is 19.0 Å². The number of hydrogen-bond donors (Lipinski definition) is 8. The zero-order valence-corrected chi connectivity index (χ0v) is 41.4. The maximum atomic E-state index is 13.6. The average molecular weight is 1040 g/mol. The topological polar surface area (TPSA) is 339 Å². The maximum Gasteiger partial charge on any atom is 0.356 e. The standard InChI is InChI=1S/C52H50N8O16/c1-25(53-45(66)26(2)55-47(68)28(4)59-76-49(70)29-7-10-31(11-8-29)57-58-32-12-14-33(15-13-32)60(5)6)44(65)54-27(3)46(67)56-40(24-43(63)64)51(72)74-48(69)30-9-18-36-39(21-30)52(75-50(36)71)37-19-16-34(61)22-41(37)73-42-23-35(62)17-20-38(42)52/h7-23,25-28,40,59,61-62H,24H2,1-6H3,(H,53,66)(H,54,65)(H,55,68)(H,56,67)(H,63,64)/t25-,26-,27-,28-,40-/m0/s1. The first-order chi connectivity index (χ1) is 36.0. The van der Waals surface area contributed by atoms with E-state index < -0.39 is 95.7 Å². The third-order valence-corrected chi connectivity index (χ3v) is 11.9. The van der Waals surface area contributed by atoms with Gasteiger partial charge in [-0.3, -0.25) is 24.0 Å². The summed E-state index contributed by atoms with van der Waals surface area (Å²) in [7, 11) is 3.84. The molecule has 5 atom stereocenters. The Morgan fingerprint density at radius 2 is 1.09 bits per heavy atom. The normalized spacial score (nSPS) is 14.6. The summed E-state index contributed by atoms with van der Waals surface area (Å²) in [5.41, 5.74) is 3.04. The van der Waals surface area contributed by atoms with Crippen LogP contribution in [-0.2, 0) is 48.7 Å². The monoisotopic (exact) mass is 1040 g/mol. The van der Waals surface area contributed by atoms with Crippen LogP contribution in [0.25, 0.3) is 0 Å². The van der Waals surface area contributed by atoms with Crippen molar-refractivity contribution < 1.29 is 77.5 Å². The van der Waals surface area contributed by atoms with Crippen molar-refractivity contribution in [2.45, 2.75) is 69.9 Å². The van der Waals surface area contributed by atoms with Crippen molar-refractivity contribution >= 4 is 70.5 Å². The zero-order valence-electron chi connectivity index (χ0n) is 41.4. The number of carboxylic acid groups (broad SMARTS) is 1. The largest absolute Gasteiger partial charge is 0.508 e. The second kappa shape index (κ2) is 22.6. The summed E-state index contributed by atoms with van der Waals surface area (Å²) in [5, 5.41) is 47.7. The smallest absolute Gasteiger partial charge is 0.356 e. The number of aromatic hydroxyl groups is 2. The van der Waals surface area contributed by atoms with Gasteiger partial charge < -0.3 is 60.5 Å². The Bertz CT molecular complexity index is 3130. The predicted molar refractivity (Wildman–Crippen MR) is 265 cm³/mol. The molecule has 24 heteroatoms. The molecule has 1 spiro atoms. The number of nitrogens with one attached hydrogen (secondary N) is 5. The second-order valence-electron chi connectivity index (χ2n) is 17.7. The average Bonchev–Trinajstić information content (AvgIpc) is 3.78. The van der Waals surface area contributed by atoms with E-state index in [-0.39, 0.29) is 56.4 Å². The first-order valence-electron chi connectivity index (χ1n) is 23.2. The van der Waals surface area contributed by atoms with Gasteiger partial charge in [-0.15, -0.1) is 5.48 Å². The van der Waals surface area contributed by atoms with E-state index in [9.17, 15) is 58.5 Å². The zero-order chi connectivity index (χ0) is 55.2. The molecule has 24 nitrogen and oxygen atoms in total. The number of hydrogen-bond acceptors (Lipinski definition) is 19. The fourth-order valence-corrected chi connectivity index (χ4v) is 7.78. The highest BCUT2D eigenvalue weighted by Crippen LogP contribution is 2.57. The third-order valence-electron chi connectivity index (χ3n) is 11.9. The molecule has 0 saturated heterocycles. The highest BCUT2D eigenvalue weighted by molar-refractivity contribution is 6.03. The SMILES string of the molecule is C[C@H](NOC(=O)c1ccc(N=Nc2ccc(N(C)C)cc2)cc1)C(=O)N[C@@H](C)C(=O)N[C@@H](C)C(=O)N[C@@H](C)C(=O)N[C@@H](CC(=O)O)C(=O)OC(=O)c1ccc2c(c1)C1(OC2=O)c2ccc(O)cc2Oc2cc(O)ccc21. The minimum absolute atomic E-state index is 0.00716. The molecular formula is C52H50N8O16. The lowest BCUT2D eigenvalue weighted by molar-refractivity contribution is -0.148. The van der Waals surface area contributed by atoms with E-state index in [2.05, 4.69) is 37.0 Å². The van der Waals surface area contributed by atoms with E-state index in [1.807, 2.05) is 43.3 Å². The number of ether oxygens (including phenoxy) is 3. The van der Waals surface area contributed by atoms with Crippen LogP contribution in [0.2, 0.25) is 0 Å². The van der Waals surface area contributed by atoms with Gasteiger partial charge in [0, 0.05) is 48.6 Å². The number of anilines is 1. The molecule has 5 aromatic rings. The van der Waals surface area contributed by atoms with Crippen molar-refractivity contribution in [3.05, 3.63) is 137 Å². The highest BCUT2D eigenvalue weighted by atomic mass is 16.7. The van der Waals surface area contributed by atoms with Crippen molar-refractivity contribution in [2.24, 2.45) is 10.2 Å². The van der Waals surface area contributed by atoms with Crippen molar-refractivity contribution in [3.63, 3.8) is 0 Å². The summed E-state index contributed by atoms with van der Waals surface area (Å²) < 4.78 is 17.0. The van der Waals surface area contributed by atoms with E-state index >= 15 is 0 Å². The Balaban J connectivity index is 0.890. The molecule has 394 valence electrons. The summed E-state index contributed by atoms with van der Waals surface area (Å²) in [6, 6.07) is 18.0. The number of aliphatic carboxylic acids is 1. The van der Waals surface area contributed by atoms with E-state index in [1.54, 1.807) is 12.1 Å². The number of rotatable bonds is 18. The van der Waals surface area contributed by atoms with Gasteiger partial charge in [0.05, 0.1) is 34.5 Å². The van der Waals surface area contributed by atoms with Gasteiger partial charge in [-0.2, -0.15) is 10.2 Å².